The SMILES string of the molecule is CCCN1C(=O)C(C(=O)N(C)C)C1=O. The third-order valence-corrected chi connectivity index (χ3v) is 2.16. The molecule has 0 N–H and O–H groups in total. The molecule has 0 aromatic heterocycles. The van der Waals surface area contributed by atoms with E-state index in [9.17, 15) is 14.4 Å². The summed E-state index contributed by atoms with van der Waals surface area (Å²) in [6.45, 7) is 2.29. The summed E-state index contributed by atoms with van der Waals surface area (Å²) < 4.78 is 0. The molecule has 5 heteroatoms. The summed E-state index contributed by atoms with van der Waals surface area (Å²) in [5.74, 6) is -2.23. The van der Waals surface area contributed by atoms with Crippen molar-refractivity contribution in [3.05, 3.63) is 0 Å². The zero-order valence-electron chi connectivity index (χ0n) is 8.61. The number of likely N-dealkylation sites (tertiary alicyclic amines) is 1. The van der Waals surface area contributed by atoms with E-state index in [0.29, 0.717) is 6.54 Å². The van der Waals surface area contributed by atoms with Crippen LogP contribution in [0.15, 0.2) is 0 Å². The molecule has 0 saturated carbocycles. The van der Waals surface area contributed by atoms with Crippen molar-refractivity contribution in [3.63, 3.8) is 0 Å². The van der Waals surface area contributed by atoms with E-state index in [0.717, 1.165) is 11.3 Å². The van der Waals surface area contributed by atoms with Crippen molar-refractivity contribution in [1.29, 1.82) is 0 Å². The molecule has 3 amide bonds. The van der Waals surface area contributed by atoms with Crippen LogP contribution in [0.2, 0.25) is 0 Å². The van der Waals surface area contributed by atoms with Gasteiger partial charge in [-0.2, -0.15) is 0 Å². The average molecular weight is 198 g/mol. The second kappa shape index (κ2) is 3.77. The van der Waals surface area contributed by atoms with Crippen LogP contribution in [-0.4, -0.2) is 48.2 Å². The second-order valence-electron chi connectivity index (χ2n) is 3.49. The van der Waals surface area contributed by atoms with Gasteiger partial charge in [0, 0.05) is 20.6 Å². The summed E-state index contributed by atoms with van der Waals surface area (Å²) in [6, 6.07) is 0. The Labute approximate surface area is 82.7 Å². The lowest BCUT2D eigenvalue weighted by molar-refractivity contribution is -0.170. The Kier molecular flexibility index (Phi) is 2.88. The number of amides is 3. The molecule has 5 nitrogen and oxygen atoms in total. The van der Waals surface area contributed by atoms with E-state index in [2.05, 4.69) is 0 Å². The zero-order chi connectivity index (χ0) is 10.9. The van der Waals surface area contributed by atoms with Crippen molar-refractivity contribution in [2.24, 2.45) is 5.92 Å². The van der Waals surface area contributed by atoms with Crippen LogP contribution in [0.3, 0.4) is 0 Å². The van der Waals surface area contributed by atoms with Crippen LogP contribution in [0.4, 0.5) is 0 Å². The van der Waals surface area contributed by atoms with Crippen molar-refractivity contribution in [3.8, 4) is 0 Å². The molecule has 0 spiro atoms. The van der Waals surface area contributed by atoms with Gasteiger partial charge in [-0.05, 0) is 6.42 Å². The van der Waals surface area contributed by atoms with Gasteiger partial charge in [-0.1, -0.05) is 6.92 Å². The molecule has 0 aliphatic carbocycles. The fraction of sp³-hybridized carbons (Fsp3) is 0.667. The first-order valence-electron chi connectivity index (χ1n) is 4.57. The van der Waals surface area contributed by atoms with Gasteiger partial charge in [0.2, 0.25) is 5.91 Å². The summed E-state index contributed by atoms with van der Waals surface area (Å²) in [4.78, 5) is 36.5. The zero-order valence-corrected chi connectivity index (χ0v) is 8.61. The van der Waals surface area contributed by atoms with Gasteiger partial charge in [0.25, 0.3) is 11.8 Å². The predicted molar refractivity (Wildman–Crippen MR) is 49.2 cm³/mol. The highest BCUT2D eigenvalue weighted by molar-refractivity contribution is 6.29. The molecular weight excluding hydrogens is 184 g/mol. The average Bonchev–Trinajstić information content (AvgIpc) is 2.14. The summed E-state index contributed by atoms with van der Waals surface area (Å²) in [5.41, 5.74) is 0. The van der Waals surface area contributed by atoms with E-state index in [4.69, 9.17) is 0 Å². The minimum absolute atomic E-state index is 0.365. The molecule has 1 heterocycles. The molecule has 0 unspecified atom stereocenters. The van der Waals surface area contributed by atoms with Gasteiger partial charge in [0.05, 0.1) is 0 Å². The first-order chi connectivity index (χ1) is 6.50. The van der Waals surface area contributed by atoms with Crippen LogP contribution in [0.5, 0.6) is 0 Å². The van der Waals surface area contributed by atoms with Crippen molar-refractivity contribution < 1.29 is 14.4 Å². The molecule has 1 saturated heterocycles. The van der Waals surface area contributed by atoms with Gasteiger partial charge in [-0.25, -0.2) is 0 Å². The van der Waals surface area contributed by atoms with Crippen molar-refractivity contribution in [2.45, 2.75) is 13.3 Å². The number of carbonyl (C=O) groups is 3. The lowest BCUT2D eigenvalue weighted by Crippen LogP contribution is -2.62. The summed E-state index contributed by atoms with van der Waals surface area (Å²) in [5, 5.41) is 0. The topological polar surface area (TPSA) is 57.7 Å². The molecule has 0 bridgehead atoms. The fourth-order valence-corrected chi connectivity index (χ4v) is 1.37. The Morgan fingerprint density at radius 2 is 1.86 bits per heavy atom. The lowest BCUT2D eigenvalue weighted by Gasteiger charge is -2.35. The minimum atomic E-state index is -1.07. The van der Waals surface area contributed by atoms with Crippen LogP contribution in [0.25, 0.3) is 0 Å². The summed E-state index contributed by atoms with van der Waals surface area (Å²) >= 11 is 0. The largest absolute Gasteiger partial charge is 0.348 e. The van der Waals surface area contributed by atoms with Gasteiger partial charge in [-0.15, -0.1) is 0 Å². The molecule has 78 valence electrons. The first-order valence-corrected chi connectivity index (χ1v) is 4.57. The maximum atomic E-state index is 11.4. The monoisotopic (exact) mass is 198 g/mol. The standard InChI is InChI=1S/C9H14N2O3/c1-4-5-11-8(13)6(9(11)14)7(12)10(2)3/h6H,4-5H2,1-3H3. The van der Waals surface area contributed by atoms with E-state index < -0.39 is 11.8 Å². The third-order valence-electron chi connectivity index (χ3n) is 2.16. The molecule has 1 aliphatic heterocycles. The van der Waals surface area contributed by atoms with E-state index in [-0.39, 0.29) is 11.8 Å². The Morgan fingerprint density at radius 1 is 1.36 bits per heavy atom. The fourth-order valence-electron chi connectivity index (χ4n) is 1.37. The molecular formula is C9H14N2O3. The number of hydrogen-bond donors (Lipinski definition) is 0. The Balaban J connectivity index is 2.66. The molecule has 0 atom stereocenters. The lowest BCUT2D eigenvalue weighted by atomic mass is 9.95. The number of β-lactam (4-membered cyclic amide) rings is 2. The normalized spacial score (nSPS) is 16.9. The Bertz CT molecular complexity index is 270. The summed E-state index contributed by atoms with van der Waals surface area (Å²) in [7, 11) is 3.07. The molecule has 1 rings (SSSR count). The van der Waals surface area contributed by atoms with Crippen molar-refractivity contribution in [2.75, 3.05) is 20.6 Å². The molecule has 1 fully saturated rings. The predicted octanol–water partition coefficient (Wildman–Crippen LogP) is -0.530. The molecule has 0 aromatic carbocycles. The highest BCUT2D eigenvalue weighted by atomic mass is 16.2. The van der Waals surface area contributed by atoms with Crippen LogP contribution in [0.1, 0.15) is 13.3 Å². The second-order valence-corrected chi connectivity index (χ2v) is 3.49. The van der Waals surface area contributed by atoms with E-state index in [1.54, 1.807) is 0 Å². The van der Waals surface area contributed by atoms with Crippen LogP contribution < -0.4 is 0 Å². The quantitative estimate of drug-likeness (QED) is 0.452. The third kappa shape index (κ3) is 1.49. The van der Waals surface area contributed by atoms with Gasteiger partial charge in [-0.3, -0.25) is 19.3 Å². The number of carbonyl (C=O) groups excluding carboxylic acids is 3. The molecule has 14 heavy (non-hydrogen) atoms. The van der Waals surface area contributed by atoms with E-state index >= 15 is 0 Å². The highest BCUT2D eigenvalue weighted by Gasteiger charge is 2.51. The highest BCUT2D eigenvalue weighted by Crippen LogP contribution is 2.21. The number of nitrogens with zero attached hydrogens (tertiary/aromatic N) is 2. The van der Waals surface area contributed by atoms with Crippen LogP contribution in [0, 0.1) is 5.92 Å². The van der Waals surface area contributed by atoms with E-state index in [1.807, 2.05) is 6.92 Å². The molecule has 0 radical (unpaired) electrons. The molecule has 0 aromatic rings. The van der Waals surface area contributed by atoms with Gasteiger partial charge in [0.15, 0.2) is 5.92 Å². The maximum absolute atomic E-state index is 11.4. The smallest absolute Gasteiger partial charge is 0.251 e. The minimum Gasteiger partial charge on any atom is -0.348 e. The van der Waals surface area contributed by atoms with Gasteiger partial charge >= 0.3 is 0 Å². The number of imide groups is 1. The first kappa shape index (κ1) is 10.7. The Hall–Kier alpha value is -1.39. The van der Waals surface area contributed by atoms with Crippen molar-refractivity contribution >= 4 is 17.7 Å². The van der Waals surface area contributed by atoms with E-state index in [1.165, 1.54) is 19.0 Å². The maximum Gasteiger partial charge on any atom is 0.251 e. The summed E-state index contributed by atoms with van der Waals surface area (Å²) in [6.07, 6.45) is 0.723. The van der Waals surface area contributed by atoms with Crippen LogP contribution >= 0.6 is 0 Å². The Morgan fingerprint density at radius 3 is 2.21 bits per heavy atom. The van der Waals surface area contributed by atoms with Gasteiger partial charge < -0.3 is 4.90 Å². The van der Waals surface area contributed by atoms with Crippen LogP contribution in [-0.2, 0) is 14.4 Å². The van der Waals surface area contributed by atoms with Crippen molar-refractivity contribution in [1.82, 2.24) is 9.80 Å². The molecule has 1 aliphatic rings. The number of rotatable bonds is 3. The van der Waals surface area contributed by atoms with Gasteiger partial charge in [0.1, 0.15) is 0 Å². The number of hydrogen-bond acceptors (Lipinski definition) is 3.